The van der Waals surface area contributed by atoms with E-state index < -0.39 is 0 Å². The molecule has 0 unspecified atom stereocenters. The van der Waals surface area contributed by atoms with Gasteiger partial charge in [-0.3, -0.25) is 9.88 Å². The van der Waals surface area contributed by atoms with Gasteiger partial charge >= 0.3 is 0 Å². The molecule has 0 saturated carbocycles. The number of aromatic nitrogens is 1. The highest BCUT2D eigenvalue weighted by Gasteiger charge is 2.06. The van der Waals surface area contributed by atoms with E-state index in [9.17, 15) is 0 Å². The van der Waals surface area contributed by atoms with Crippen LogP contribution in [0.2, 0.25) is 0 Å². The van der Waals surface area contributed by atoms with Gasteiger partial charge < -0.3 is 5.73 Å². The van der Waals surface area contributed by atoms with Crippen molar-refractivity contribution in [2.45, 2.75) is 19.9 Å². The van der Waals surface area contributed by atoms with Crippen LogP contribution in [-0.4, -0.2) is 28.0 Å². The number of hydrogen-bond donors (Lipinski definition) is 1. The lowest BCUT2D eigenvalue weighted by atomic mass is 10.3. The molecule has 0 radical (unpaired) electrons. The molecule has 0 aliphatic heterocycles. The predicted molar refractivity (Wildman–Crippen MR) is 66.6 cm³/mol. The highest BCUT2D eigenvalue weighted by atomic mass is 32.1. The third-order valence-corrected chi connectivity index (χ3v) is 2.16. The minimum atomic E-state index is 0.541. The number of thiocarbonyl (C=S) groups is 1. The van der Waals surface area contributed by atoms with Crippen LogP contribution < -0.4 is 5.73 Å². The topological polar surface area (TPSA) is 42.1 Å². The molecule has 4 heteroatoms. The summed E-state index contributed by atoms with van der Waals surface area (Å²) in [5, 5.41) is 0. The Hall–Kier alpha value is -1.00. The Morgan fingerprint density at radius 2 is 2.33 bits per heavy atom. The first kappa shape index (κ1) is 12.1. The molecule has 0 fully saturated rings. The number of pyridine rings is 1. The van der Waals surface area contributed by atoms with Crippen molar-refractivity contribution in [3.8, 4) is 0 Å². The molecule has 0 spiro atoms. The Labute approximate surface area is 96.3 Å². The van der Waals surface area contributed by atoms with Crippen LogP contribution >= 0.6 is 12.2 Å². The first-order valence-electron chi connectivity index (χ1n) is 5.13. The van der Waals surface area contributed by atoms with Crippen molar-refractivity contribution >= 4 is 17.2 Å². The van der Waals surface area contributed by atoms with Gasteiger partial charge in [-0.25, -0.2) is 0 Å². The maximum Gasteiger partial charge on any atom is 0.0870 e. The summed E-state index contributed by atoms with van der Waals surface area (Å²) in [6, 6.07) is 5.93. The molecule has 1 rings (SSSR count). The van der Waals surface area contributed by atoms with Crippen LogP contribution in [0.15, 0.2) is 24.4 Å². The largest absolute Gasteiger partial charge is 0.392 e. The third kappa shape index (κ3) is 4.85. The first-order valence-corrected chi connectivity index (χ1v) is 5.53. The molecule has 0 atom stereocenters. The van der Waals surface area contributed by atoms with E-state index in [1.54, 1.807) is 6.20 Å². The summed E-state index contributed by atoms with van der Waals surface area (Å²) in [6.07, 6.45) is 2.90. The summed E-state index contributed by atoms with van der Waals surface area (Å²) in [5.74, 6) is 0. The molecule has 82 valence electrons. The van der Waals surface area contributed by atoms with Gasteiger partial charge in [-0.05, 0) is 25.1 Å². The lowest BCUT2D eigenvalue weighted by molar-refractivity contribution is 0.301. The van der Waals surface area contributed by atoms with Gasteiger partial charge in [0.25, 0.3) is 0 Å². The van der Waals surface area contributed by atoms with Crippen molar-refractivity contribution in [2.24, 2.45) is 5.73 Å². The smallest absolute Gasteiger partial charge is 0.0870 e. The summed E-state index contributed by atoms with van der Waals surface area (Å²) >= 11 is 4.92. The Bertz CT molecular complexity index is 300. The van der Waals surface area contributed by atoms with Crippen LogP contribution in [0.4, 0.5) is 0 Å². The second-order valence-electron chi connectivity index (χ2n) is 3.50. The number of nitrogens with zero attached hydrogens (tertiary/aromatic N) is 2. The van der Waals surface area contributed by atoms with Crippen molar-refractivity contribution in [2.75, 3.05) is 13.1 Å². The number of hydrogen-bond acceptors (Lipinski definition) is 3. The minimum Gasteiger partial charge on any atom is -0.392 e. The van der Waals surface area contributed by atoms with Crippen LogP contribution in [0.25, 0.3) is 0 Å². The van der Waals surface area contributed by atoms with Crippen molar-refractivity contribution < 1.29 is 0 Å². The maximum atomic E-state index is 5.55. The molecule has 1 aromatic heterocycles. The molecule has 1 aromatic rings. The third-order valence-electron chi connectivity index (χ3n) is 2.03. The van der Waals surface area contributed by atoms with Gasteiger partial charge in [-0.1, -0.05) is 25.2 Å². The van der Waals surface area contributed by atoms with Gasteiger partial charge in [0.05, 0.1) is 10.7 Å². The minimum absolute atomic E-state index is 0.541. The van der Waals surface area contributed by atoms with Crippen LogP contribution in [0.1, 0.15) is 19.0 Å². The summed E-state index contributed by atoms with van der Waals surface area (Å²) in [4.78, 5) is 7.04. The van der Waals surface area contributed by atoms with Crippen molar-refractivity contribution in [1.82, 2.24) is 9.88 Å². The van der Waals surface area contributed by atoms with Crippen molar-refractivity contribution in [1.29, 1.82) is 0 Å². The standard InChI is InChI=1S/C11H17N3S/c1-2-7-14(9-11(12)15)8-10-5-3-4-6-13-10/h3-6H,2,7-9H2,1H3,(H2,12,15). The van der Waals surface area contributed by atoms with Crippen LogP contribution in [0, 0.1) is 0 Å². The van der Waals surface area contributed by atoms with E-state index in [-0.39, 0.29) is 0 Å². The molecule has 0 aromatic carbocycles. The van der Waals surface area contributed by atoms with E-state index in [1.165, 1.54) is 0 Å². The van der Waals surface area contributed by atoms with Gasteiger partial charge in [0.1, 0.15) is 0 Å². The highest BCUT2D eigenvalue weighted by molar-refractivity contribution is 7.80. The van der Waals surface area contributed by atoms with Crippen LogP contribution in [-0.2, 0) is 6.54 Å². The van der Waals surface area contributed by atoms with E-state index in [2.05, 4.69) is 16.8 Å². The fraction of sp³-hybridized carbons (Fsp3) is 0.455. The molecule has 0 aliphatic carbocycles. The average Bonchev–Trinajstić information content (AvgIpc) is 2.18. The molecule has 3 nitrogen and oxygen atoms in total. The van der Waals surface area contributed by atoms with Gasteiger partial charge in [0.15, 0.2) is 0 Å². The number of nitrogens with two attached hydrogens (primary N) is 1. The zero-order chi connectivity index (χ0) is 11.1. The van der Waals surface area contributed by atoms with Gasteiger partial charge in [-0.15, -0.1) is 0 Å². The highest BCUT2D eigenvalue weighted by Crippen LogP contribution is 2.01. The number of rotatable bonds is 6. The molecule has 0 amide bonds. The fourth-order valence-corrected chi connectivity index (χ4v) is 1.65. The Morgan fingerprint density at radius 3 is 2.87 bits per heavy atom. The normalized spacial score (nSPS) is 10.5. The quantitative estimate of drug-likeness (QED) is 0.744. The molecule has 2 N–H and O–H groups in total. The van der Waals surface area contributed by atoms with Crippen molar-refractivity contribution in [3.05, 3.63) is 30.1 Å². The molecule has 1 heterocycles. The molecule has 0 aliphatic rings. The summed E-state index contributed by atoms with van der Waals surface area (Å²) in [7, 11) is 0. The van der Waals surface area contributed by atoms with E-state index in [0.717, 1.165) is 25.2 Å². The van der Waals surface area contributed by atoms with Crippen LogP contribution in [0.5, 0.6) is 0 Å². The molecular weight excluding hydrogens is 206 g/mol. The summed E-state index contributed by atoms with van der Waals surface area (Å²) in [6.45, 7) is 4.62. The second-order valence-corrected chi connectivity index (χ2v) is 4.02. The van der Waals surface area contributed by atoms with E-state index >= 15 is 0 Å². The molecule has 0 saturated heterocycles. The van der Waals surface area contributed by atoms with Gasteiger partial charge in [-0.2, -0.15) is 0 Å². The van der Waals surface area contributed by atoms with E-state index in [1.807, 2.05) is 18.2 Å². The average molecular weight is 223 g/mol. The lowest BCUT2D eigenvalue weighted by Crippen LogP contribution is -2.33. The summed E-state index contributed by atoms with van der Waals surface area (Å²) in [5.41, 5.74) is 6.60. The van der Waals surface area contributed by atoms with E-state index in [0.29, 0.717) is 11.5 Å². The first-order chi connectivity index (χ1) is 7.22. The van der Waals surface area contributed by atoms with Crippen LogP contribution in [0.3, 0.4) is 0 Å². The Morgan fingerprint density at radius 1 is 1.53 bits per heavy atom. The van der Waals surface area contributed by atoms with Gasteiger partial charge in [0.2, 0.25) is 0 Å². The predicted octanol–water partition coefficient (Wildman–Crippen LogP) is 1.58. The monoisotopic (exact) mass is 223 g/mol. The molecule has 0 bridgehead atoms. The Balaban J connectivity index is 2.54. The van der Waals surface area contributed by atoms with Crippen molar-refractivity contribution in [3.63, 3.8) is 0 Å². The molecular formula is C11H17N3S. The summed E-state index contributed by atoms with van der Waals surface area (Å²) < 4.78 is 0. The van der Waals surface area contributed by atoms with Gasteiger partial charge in [0, 0.05) is 19.3 Å². The fourth-order valence-electron chi connectivity index (χ4n) is 1.47. The Kier molecular flexibility index (Phi) is 5.21. The maximum absolute atomic E-state index is 5.55. The second kappa shape index (κ2) is 6.48. The lowest BCUT2D eigenvalue weighted by Gasteiger charge is -2.20. The SMILES string of the molecule is CCCN(CC(N)=S)Cc1ccccn1. The molecule has 15 heavy (non-hydrogen) atoms. The zero-order valence-corrected chi connectivity index (χ0v) is 9.83. The van der Waals surface area contributed by atoms with E-state index in [4.69, 9.17) is 18.0 Å². The zero-order valence-electron chi connectivity index (χ0n) is 9.02.